The van der Waals surface area contributed by atoms with Crippen LogP contribution in [0.1, 0.15) is 11.1 Å². The highest BCUT2D eigenvalue weighted by molar-refractivity contribution is 6.10. The standard InChI is InChI=1S/C36H24N2O4/c1-3-21-5-11-27-23(17-21)7-15-33(41-25-9-13-29(37)31(39)19-25)35(27)36-28-12-6-22(4-2)18-24(28)8-16-34(36)42-26-10-14-30(38)32(40)20-26/h1-2,5-20,39-40H,37-38H2. The number of phenolic OH excluding ortho intramolecular Hbond substituents is 2. The molecule has 0 aliphatic rings. The lowest BCUT2D eigenvalue weighted by Gasteiger charge is -2.20. The molecule has 202 valence electrons. The van der Waals surface area contributed by atoms with E-state index >= 15 is 0 Å². The van der Waals surface area contributed by atoms with Gasteiger partial charge < -0.3 is 31.2 Å². The van der Waals surface area contributed by atoms with Gasteiger partial charge in [-0.1, -0.05) is 36.1 Å². The van der Waals surface area contributed by atoms with Crippen LogP contribution in [-0.4, -0.2) is 10.2 Å². The van der Waals surface area contributed by atoms with Gasteiger partial charge in [0.2, 0.25) is 0 Å². The number of nitrogens with two attached hydrogens (primary N) is 2. The number of hydrogen-bond acceptors (Lipinski definition) is 6. The molecule has 6 nitrogen and oxygen atoms in total. The largest absolute Gasteiger partial charge is 0.506 e. The molecule has 0 aliphatic heterocycles. The van der Waals surface area contributed by atoms with Crippen molar-refractivity contribution in [2.45, 2.75) is 0 Å². The molecule has 0 radical (unpaired) electrons. The molecule has 0 saturated heterocycles. The molecule has 0 fully saturated rings. The number of anilines is 2. The van der Waals surface area contributed by atoms with E-state index in [0.717, 1.165) is 43.8 Å². The lowest BCUT2D eigenvalue weighted by atomic mass is 9.91. The first kappa shape index (κ1) is 26.0. The number of hydrogen-bond donors (Lipinski definition) is 4. The van der Waals surface area contributed by atoms with Crippen LogP contribution in [0, 0.1) is 24.7 Å². The van der Waals surface area contributed by atoms with Gasteiger partial charge >= 0.3 is 0 Å². The summed E-state index contributed by atoms with van der Waals surface area (Å²) >= 11 is 0. The maximum Gasteiger partial charge on any atom is 0.142 e. The summed E-state index contributed by atoms with van der Waals surface area (Å²) in [5.74, 6) is 6.99. The highest BCUT2D eigenvalue weighted by Crippen LogP contribution is 2.48. The number of rotatable bonds is 5. The molecule has 42 heavy (non-hydrogen) atoms. The van der Waals surface area contributed by atoms with Crippen LogP contribution in [0.2, 0.25) is 0 Å². The molecule has 0 aliphatic carbocycles. The molecule has 0 aromatic heterocycles. The predicted molar refractivity (Wildman–Crippen MR) is 168 cm³/mol. The van der Waals surface area contributed by atoms with Gasteiger partial charge in [0.1, 0.15) is 34.5 Å². The van der Waals surface area contributed by atoms with Crippen molar-refractivity contribution >= 4 is 32.9 Å². The molecule has 0 saturated carbocycles. The molecule has 0 bridgehead atoms. The average molecular weight is 549 g/mol. The number of phenols is 2. The molecular formula is C36H24N2O4. The summed E-state index contributed by atoms with van der Waals surface area (Å²) in [6, 6.07) is 28.5. The Morgan fingerprint density at radius 2 is 0.952 bits per heavy atom. The second-order valence-electron chi connectivity index (χ2n) is 9.68. The van der Waals surface area contributed by atoms with Gasteiger partial charge in [-0.25, -0.2) is 0 Å². The van der Waals surface area contributed by atoms with Gasteiger partial charge in [-0.3, -0.25) is 0 Å². The Morgan fingerprint density at radius 3 is 1.33 bits per heavy atom. The third kappa shape index (κ3) is 4.70. The van der Waals surface area contributed by atoms with Crippen LogP contribution in [0.4, 0.5) is 11.4 Å². The molecule has 6 aromatic carbocycles. The van der Waals surface area contributed by atoms with Gasteiger partial charge in [-0.15, -0.1) is 12.8 Å². The van der Waals surface area contributed by atoms with E-state index < -0.39 is 0 Å². The monoisotopic (exact) mass is 548 g/mol. The zero-order chi connectivity index (χ0) is 29.4. The number of terminal acetylenes is 2. The molecule has 6 N–H and O–H groups in total. The minimum absolute atomic E-state index is 0.0901. The number of fused-ring (bicyclic) bond motifs is 2. The lowest BCUT2D eigenvalue weighted by molar-refractivity contribution is 0.454. The van der Waals surface area contributed by atoms with E-state index in [1.807, 2.05) is 60.7 Å². The number of nitrogen functional groups attached to an aromatic ring is 2. The van der Waals surface area contributed by atoms with Crippen molar-refractivity contribution in [1.29, 1.82) is 0 Å². The smallest absolute Gasteiger partial charge is 0.142 e. The maximum atomic E-state index is 10.2. The second kappa shape index (κ2) is 10.4. The Kier molecular flexibility index (Phi) is 6.43. The fraction of sp³-hybridized carbons (Fsp3) is 0. The second-order valence-corrected chi connectivity index (χ2v) is 9.68. The summed E-state index contributed by atoms with van der Waals surface area (Å²) in [6.07, 6.45) is 11.4. The van der Waals surface area contributed by atoms with Crippen LogP contribution in [0.15, 0.2) is 97.1 Å². The maximum absolute atomic E-state index is 10.2. The zero-order valence-corrected chi connectivity index (χ0v) is 22.3. The van der Waals surface area contributed by atoms with E-state index in [2.05, 4.69) is 11.8 Å². The highest BCUT2D eigenvalue weighted by Gasteiger charge is 2.21. The Bertz CT molecular complexity index is 1970. The van der Waals surface area contributed by atoms with Crippen molar-refractivity contribution < 1.29 is 19.7 Å². The zero-order valence-electron chi connectivity index (χ0n) is 22.3. The van der Waals surface area contributed by atoms with E-state index in [4.69, 9.17) is 33.8 Å². The summed E-state index contributed by atoms with van der Waals surface area (Å²) in [5.41, 5.74) is 15.0. The Morgan fingerprint density at radius 1 is 0.524 bits per heavy atom. The lowest BCUT2D eigenvalue weighted by Crippen LogP contribution is -1.96. The molecule has 6 aromatic rings. The molecular weight excluding hydrogens is 524 g/mol. The molecule has 0 unspecified atom stereocenters. The van der Waals surface area contributed by atoms with Crippen LogP contribution in [0.3, 0.4) is 0 Å². The minimum atomic E-state index is -0.0901. The van der Waals surface area contributed by atoms with Crippen LogP contribution in [-0.2, 0) is 0 Å². The van der Waals surface area contributed by atoms with Crippen molar-refractivity contribution in [2.75, 3.05) is 11.5 Å². The van der Waals surface area contributed by atoms with E-state index in [9.17, 15) is 10.2 Å². The number of aromatic hydroxyl groups is 2. The van der Waals surface area contributed by atoms with Crippen molar-refractivity contribution in [3.63, 3.8) is 0 Å². The Balaban J connectivity index is 1.67. The van der Waals surface area contributed by atoms with Crippen LogP contribution < -0.4 is 20.9 Å². The summed E-state index contributed by atoms with van der Waals surface area (Å²) in [4.78, 5) is 0. The first-order valence-corrected chi connectivity index (χ1v) is 12.9. The third-order valence-corrected chi connectivity index (χ3v) is 7.01. The average Bonchev–Trinajstić information content (AvgIpc) is 3.00. The summed E-state index contributed by atoms with van der Waals surface area (Å²) in [7, 11) is 0. The normalized spacial score (nSPS) is 10.7. The van der Waals surface area contributed by atoms with Gasteiger partial charge in [-0.2, -0.15) is 0 Å². The summed E-state index contributed by atoms with van der Waals surface area (Å²) < 4.78 is 12.8. The van der Waals surface area contributed by atoms with Crippen molar-refractivity contribution in [3.8, 4) is 70.3 Å². The molecule has 0 atom stereocenters. The summed E-state index contributed by atoms with van der Waals surface area (Å²) in [6.45, 7) is 0. The van der Waals surface area contributed by atoms with Gasteiger partial charge in [0.15, 0.2) is 0 Å². The topological polar surface area (TPSA) is 111 Å². The molecule has 0 heterocycles. The molecule has 6 rings (SSSR count). The SMILES string of the molecule is C#Cc1ccc2c(-c3c(Oc4ccc(N)c(O)c4)ccc4cc(C#C)ccc34)c(Oc3ccc(N)c(O)c3)ccc2c1. The van der Waals surface area contributed by atoms with Crippen LogP contribution in [0.25, 0.3) is 32.7 Å². The quantitative estimate of drug-likeness (QED) is 0.0994. The van der Waals surface area contributed by atoms with E-state index in [-0.39, 0.29) is 22.9 Å². The predicted octanol–water partition coefficient (Wildman–Crippen LogP) is 7.78. The summed E-state index contributed by atoms with van der Waals surface area (Å²) in [5, 5.41) is 24.0. The van der Waals surface area contributed by atoms with Crippen molar-refractivity contribution in [3.05, 3.63) is 108 Å². The fourth-order valence-electron chi connectivity index (χ4n) is 4.91. The first-order valence-electron chi connectivity index (χ1n) is 12.9. The minimum Gasteiger partial charge on any atom is -0.506 e. The van der Waals surface area contributed by atoms with Gasteiger partial charge in [-0.05, 0) is 82.2 Å². The number of ether oxygens (including phenoxy) is 2. The highest BCUT2D eigenvalue weighted by atomic mass is 16.5. The Labute approximate surface area is 242 Å². The van der Waals surface area contributed by atoms with Gasteiger partial charge in [0.05, 0.1) is 11.4 Å². The van der Waals surface area contributed by atoms with E-state index in [1.54, 1.807) is 24.3 Å². The molecule has 0 amide bonds. The van der Waals surface area contributed by atoms with Gasteiger partial charge in [0, 0.05) is 34.4 Å². The first-order chi connectivity index (χ1) is 20.3. The Hall–Kier alpha value is -6.24. The van der Waals surface area contributed by atoms with E-state index in [0.29, 0.717) is 23.0 Å². The van der Waals surface area contributed by atoms with Crippen molar-refractivity contribution in [1.82, 2.24) is 0 Å². The molecule has 6 heteroatoms. The van der Waals surface area contributed by atoms with E-state index in [1.165, 1.54) is 12.1 Å². The number of benzene rings is 6. The fourth-order valence-corrected chi connectivity index (χ4v) is 4.91. The van der Waals surface area contributed by atoms with Crippen LogP contribution in [0.5, 0.6) is 34.5 Å². The third-order valence-electron chi connectivity index (χ3n) is 7.01. The van der Waals surface area contributed by atoms with Crippen LogP contribution >= 0.6 is 0 Å². The van der Waals surface area contributed by atoms with Gasteiger partial charge in [0.25, 0.3) is 0 Å². The molecule has 0 spiro atoms. The van der Waals surface area contributed by atoms with Crippen molar-refractivity contribution in [2.24, 2.45) is 0 Å².